The first-order chi connectivity index (χ1) is 5.16. The second kappa shape index (κ2) is 5.63. The number of hydrogen-bond acceptors (Lipinski definition) is 6. The lowest BCUT2D eigenvalue weighted by Gasteiger charge is -1.97. The van der Waals surface area contributed by atoms with Gasteiger partial charge in [0.1, 0.15) is 0 Å². The molecule has 0 amide bonds. The van der Waals surface area contributed by atoms with Crippen LogP contribution < -0.4 is 0 Å². The van der Waals surface area contributed by atoms with Crippen molar-refractivity contribution >= 4 is 11.9 Å². The third kappa shape index (κ3) is 6.75. The zero-order chi connectivity index (χ0) is 8.69. The molecule has 0 aromatic heterocycles. The van der Waals surface area contributed by atoms with Gasteiger partial charge < -0.3 is 5.11 Å². The summed E-state index contributed by atoms with van der Waals surface area (Å²) in [6.07, 6.45) is -0.207. The molecule has 6 heteroatoms. The summed E-state index contributed by atoms with van der Waals surface area (Å²) in [4.78, 5) is 28.0. The van der Waals surface area contributed by atoms with Crippen LogP contribution in [0.25, 0.3) is 0 Å². The fourth-order valence-electron chi connectivity index (χ4n) is 0.236. The Hall–Kier alpha value is -1.14. The summed E-state index contributed by atoms with van der Waals surface area (Å²) in [5.41, 5.74) is 0. The molecule has 0 bridgehead atoms. The smallest absolute Gasteiger partial charge is 0.348 e. The van der Waals surface area contributed by atoms with Crippen molar-refractivity contribution in [1.82, 2.24) is 0 Å². The highest BCUT2D eigenvalue weighted by Crippen LogP contribution is 1.87. The van der Waals surface area contributed by atoms with E-state index >= 15 is 0 Å². The van der Waals surface area contributed by atoms with Gasteiger partial charge in [-0.1, -0.05) is 0 Å². The Balaban J connectivity index is 3.24. The van der Waals surface area contributed by atoms with Gasteiger partial charge in [0.15, 0.2) is 0 Å². The molecule has 0 atom stereocenters. The Kier molecular flexibility index (Phi) is 5.05. The lowest BCUT2D eigenvalue weighted by atomic mass is 10.5. The Labute approximate surface area is 62.5 Å². The molecule has 0 aromatic carbocycles. The van der Waals surface area contributed by atoms with E-state index in [1.165, 1.54) is 0 Å². The maximum Gasteiger partial charge on any atom is 0.348 e. The molecule has 11 heavy (non-hydrogen) atoms. The first-order valence-electron chi connectivity index (χ1n) is 2.82. The highest BCUT2D eigenvalue weighted by atomic mass is 17.5. The number of rotatable bonds is 4. The highest BCUT2D eigenvalue weighted by Gasteiger charge is 2.03. The van der Waals surface area contributed by atoms with E-state index < -0.39 is 11.9 Å². The van der Waals surface area contributed by atoms with Crippen molar-refractivity contribution < 1.29 is 29.5 Å². The van der Waals surface area contributed by atoms with Crippen molar-refractivity contribution in [3.05, 3.63) is 0 Å². The molecule has 0 aromatic rings. The maximum absolute atomic E-state index is 10.3. The van der Waals surface area contributed by atoms with Crippen LogP contribution in [-0.4, -0.2) is 23.7 Å². The van der Waals surface area contributed by atoms with E-state index in [0.717, 1.165) is 6.92 Å². The molecular weight excluding hydrogens is 156 g/mol. The van der Waals surface area contributed by atoms with Crippen LogP contribution >= 0.6 is 0 Å². The molecule has 0 radical (unpaired) electrons. The topological polar surface area (TPSA) is 82.1 Å². The normalized spacial score (nSPS) is 8.91. The third-order valence-corrected chi connectivity index (χ3v) is 0.594. The van der Waals surface area contributed by atoms with Crippen LogP contribution in [0.15, 0.2) is 0 Å². The van der Waals surface area contributed by atoms with Crippen LogP contribution in [0, 0.1) is 0 Å². The largest absolute Gasteiger partial charge is 0.396 e. The summed E-state index contributed by atoms with van der Waals surface area (Å²) in [7, 11) is 0. The fourth-order valence-corrected chi connectivity index (χ4v) is 0.236. The Morgan fingerprint density at radius 1 is 1.36 bits per heavy atom. The van der Waals surface area contributed by atoms with Crippen LogP contribution in [0.5, 0.6) is 0 Å². The van der Waals surface area contributed by atoms with E-state index in [2.05, 4.69) is 14.8 Å². The van der Waals surface area contributed by atoms with Gasteiger partial charge >= 0.3 is 11.9 Å². The summed E-state index contributed by atoms with van der Waals surface area (Å²) >= 11 is 0. The van der Waals surface area contributed by atoms with Gasteiger partial charge in [0.05, 0.1) is 13.0 Å². The van der Waals surface area contributed by atoms with E-state index in [4.69, 9.17) is 5.11 Å². The van der Waals surface area contributed by atoms with Gasteiger partial charge in [-0.05, 0) is 0 Å². The lowest BCUT2D eigenvalue weighted by molar-refractivity contribution is -0.458. The van der Waals surface area contributed by atoms with Gasteiger partial charge in [0, 0.05) is 12.0 Å². The predicted octanol–water partition coefficient (Wildman–Crippen LogP) is -0.678. The summed E-state index contributed by atoms with van der Waals surface area (Å²) < 4.78 is 0. The third-order valence-electron chi connectivity index (χ3n) is 0.594. The van der Waals surface area contributed by atoms with Crippen LogP contribution in [-0.2, 0) is 24.4 Å². The molecule has 1 N–H and O–H groups in total. The molecule has 0 rings (SSSR count). The first kappa shape index (κ1) is 9.86. The fraction of sp³-hybridized carbons (Fsp3) is 0.600. The van der Waals surface area contributed by atoms with E-state index in [9.17, 15) is 9.59 Å². The second-order valence-electron chi connectivity index (χ2n) is 1.57. The average Bonchev–Trinajstić information content (AvgIpc) is 1.87. The van der Waals surface area contributed by atoms with Crippen LogP contribution in [0.1, 0.15) is 13.3 Å². The van der Waals surface area contributed by atoms with Crippen molar-refractivity contribution in [2.45, 2.75) is 13.3 Å². The summed E-state index contributed by atoms with van der Waals surface area (Å²) in [6.45, 7) is 0.738. The van der Waals surface area contributed by atoms with Crippen molar-refractivity contribution in [3.63, 3.8) is 0 Å². The first-order valence-corrected chi connectivity index (χ1v) is 2.82. The van der Waals surface area contributed by atoms with Crippen molar-refractivity contribution in [1.29, 1.82) is 0 Å². The monoisotopic (exact) mass is 164 g/mol. The molecule has 0 spiro atoms. The molecular formula is C5H8O6. The van der Waals surface area contributed by atoms with E-state index in [-0.39, 0.29) is 13.0 Å². The van der Waals surface area contributed by atoms with Crippen LogP contribution in [0.4, 0.5) is 0 Å². The van der Waals surface area contributed by atoms with Crippen molar-refractivity contribution in [2.75, 3.05) is 6.61 Å². The van der Waals surface area contributed by atoms with Gasteiger partial charge in [-0.25, -0.2) is 9.59 Å². The zero-order valence-electron chi connectivity index (χ0n) is 5.90. The maximum atomic E-state index is 10.3. The highest BCUT2D eigenvalue weighted by molar-refractivity contribution is 5.68. The van der Waals surface area contributed by atoms with E-state index in [1.54, 1.807) is 0 Å². The standard InChI is InChI=1S/C5H8O6/c1-4(7)9-11-10-5(8)2-3-6/h6H,2-3H2,1H3. The summed E-state index contributed by atoms with van der Waals surface area (Å²) in [5, 5.41) is 11.9. The number of aliphatic hydroxyl groups is 1. The van der Waals surface area contributed by atoms with Gasteiger partial charge in [0.25, 0.3) is 0 Å². The second-order valence-corrected chi connectivity index (χ2v) is 1.57. The van der Waals surface area contributed by atoms with Gasteiger partial charge in [-0.15, -0.1) is 0 Å². The molecule has 6 nitrogen and oxygen atoms in total. The SMILES string of the molecule is CC(=O)OOOC(=O)CCO. The number of aliphatic hydroxyl groups excluding tert-OH is 1. The lowest BCUT2D eigenvalue weighted by Crippen LogP contribution is -2.09. The average molecular weight is 164 g/mol. The zero-order valence-corrected chi connectivity index (χ0v) is 5.90. The molecule has 64 valence electrons. The minimum absolute atomic E-state index is 0.207. The van der Waals surface area contributed by atoms with E-state index in [0.29, 0.717) is 0 Å². The molecule has 0 fully saturated rings. The minimum Gasteiger partial charge on any atom is -0.396 e. The van der Waals surface area contributed by atoms with Gasteiger partial charge in [-0.3, -0.25) is 9.78 Å². The molecule has 0 aliphatic carbocycles. The minimum atomic E-state index is -0.811. The summed E-state index contributed by atoms with van der Waals surface area (Å²) in [6, 6.07) is 0. The molecule has 0 heterocycles. The molecule has 0 aliphatic rings. The summed E-state index contributed by atoms with van der Waals surface area (Å²) in [5.74, 6) is -1.55. The predicted molar refractivity (Wildman–Crippen MR) is 30.6 cm³/mol. The Morgan fingerprint density at radius 2 is 2.00 bits per heavy atom. The quantitative estimate of drug-likeness (QED) is 0.438. The van der Waals surface area contributed by atoms with Crippen LogP contribution in [0.2, 0.25) is 0 Å². The van der Waals surface area contributed by atoms with Crippen molar-refractivity contribution in [2.24, 2.45) is 0 Å². The molecule has 0 aliphatic heterocycles. The molecule has 0 unspecified atom stereocenters. The van der Waals surface area contributed by atoms with E-state index in [1.807, 2.05) is 0 Å². The molecule has 0 saturated heterocycles. The molecule has 0 saturated carbocycles. The van der Waals surface area contributed by atoms with Crippen LogP contribution in [0.3, 0.4) is 0 Å². The number of carbonyl (C=O) groups is 2. The number of hydrogen-bond donors (Lipinski definition) is 1. The Morgan fingerprint density at radius 3 is 2.45 bits per heavy atom. The van der Waals surface area contributed by atoms with Gasteiger partial charge in [-0.2, -0.15) is 0 Å². The van der Waals surface area contributed by atoms with Crippen molar-refractivity contribution in [3.8, 4) is 0 Å². The van der Waals surface area contributed by atoms with Gasteiger partial charge in [0.2, 0.25) is 0 Å². The Bertz CT molecular complexity index is 142. The number of carbonyl (C=O) groups excluding carboxylic acids is 2.